The van der Waals surface area contributed by atoms with Gasteiger partial charge >= 0.3 is 0 Å². The van der Waals surface area contributed by atoms with Crippen molar-refractivity contribution in [2.75, 3.05) is 6.61 Å². The number of carbonyl (C=O) groups excluding carboxylic acids is 1. The second-order valence-corrected chi connectivity index (χ2v) is 4.26. The van der Waals surface area contributed by atoms with Crippen molar-refractivity contribution in [3.63, 3.8) is 0 Å². The summed E-state index contributed by atoms with van der Waals surface area (Å²) in [6, 6.07) is 5.96. The minimum absolute atomic E-state index is 0.104. The van der Waals surface area contributed by atoms with Gasteiger partial charge in [0.05, 0.1) is 5.16 Å². The molecule has 0 aromatic heterocycles. The first-order valence-electron chi connectivity index (χ1n) is 5.38. The SMILES string of the molecule is Cc1ccc(C(C)C)c(OCC(=O)N=C=S)c1. The number of hydrogen-bond donors (Lipinski definition) is 0. The maximum atomic E-state index is 11.2. The van der Waals surface area contributed by atoms with Crippen LogP contribution in [0.5, 0.6) is 5.75 Å². The van der Waals surface area contributed by atoms with Crippen LogP contribution in [0.25, 0.3) is 0 Å². The normalized spacial score (nSPS) is 9.88. The summed E-state index contributed by atoms with van der Waals surface area (Å²) in [7, 11) is 0. The zero-order valence-corrected chi connectivity index (χ0v) is 11.0. The Labute approximate surface area is 107 Å². The van der Waals surface area contributed by atoms with E-state index in [1.807, 2.05) is 30.3 Å². The van der Waals surface area contributed by atoms with Crippen LogP contribution in [0.1, 0.15) is 30.9 Å². The predicted octanol–water partition coefficient (Wildman–Crippen LogP) is 3.13. The molecule has 0 saturated carbocycles. The molecule has 4 heteroatoms. The first kappa shape index (κ1) is 13.6. The van der Waals surface area contributed by atoms with Gasteiger partial charge in [-0.15, -0.1) is 0 Å². The molecule has 0 spiro atoms. The molecule has 1 aromatic carbocycles. The summed E-state index contributed by atoms with van der Waals surface area (Å²) in [5.41, 5.74) is 2.17. The molecule has 90 valence electrons. The van der Waals surface area contributed by atoms with E-state index in [-0.39, 0.29) is 6.61 Å². The van der Waals surface area contributed by atoms with Crippen LogP contribution in [-0.4, -0.2) is 17.7 Å². The third-order valence-electron chi connectivity index (χ3n) is 2.31. The molecule has 0 unspecified atom stereocenters. The molecular formula is C13H15NO2S. The molecule has 0 aliphatic heterocycles. The Morgan fingerprint density at radius 1 is 1.53 bits per heavy atom. The molecule has 0 saturated heterocycles. The number of amides is 1. The van der Waals surface area contributed by atoms with Crippen LogP contribution in [0.2, 0.25) is 0 Å². The Hall–Kier alpha value is -1.51. The molecule has 0 heterocycles. The number of ether oxygens (including phenoxy) is 1. The summed E-state index contributed by atoms with van der Waals surface area (Å²) < 4.78 is 5.46. The van der Waals surface area contributed by atoms with E-state index in [9.17, 15) is 4.79 Å². The fourth-order valence-electron chi connectivity index (χ4n) is 1.47. The fraction of sp³-hybridized carbons (Fsp3) is 0.385. The Kier molecular flexibility index (Phi) is 5.01. The van der Waals surface area contributed by atoms with E-state index in [0.29, 0.717) is 5.92 Å². The molecule has 1 rings (SSSR count). The van der Waals surface area contributed by atoms with Crippen LogP contribution in [-0.2, 0) is 4.79 Å². The molecule has 0 fully saturated rings. The van der Waals surface area contributed by atoms with Crippen LogP contribution in [0.4, 0.5) is 0 Å². The van der Waals surface area contributed by atoms with E-state index >= 15 is 0 Å². The van der Waals surface area contributed by atoms with E-state index in [2.05, 4.69) is 31.1 Å². The minimum atomic E-state index is -0.420. The van der Waals surface area contributed by atoms with Crippen molar-refractivity contribution in [3.8, 4) is 5.75 Å². The highest BCUT2D eigenvalue weighted by atomic mass is 32.1. The van der Waals surface area contributed by atoms with Crippen molar-refractivity contribution in [1.82, 2.24) is 0 Å². The van der Waals surface area contributed by atoms with Crippen molar-refractivity contribution in [2.24, 2.45) is 4.99 Å². The zero-order chi connectivity index (χ0) is 12.8. The predicted molar refractivity (Wildman–Crippen MR) is 70.8 cm³/mol. The molecule has 0 atom stereocenters. The van der Waals surface area contributed by atoms with Crippen molar-refractivity contribution in [1.29, 1.82) is 0 Å². The second kappa shape index (κ2) is 6.28. The summed E-state index contributed by atoms with van der Waals surface area (Å²) in [5, 5.41) is 2.03. The van der Waals surface area contributed by atoms with E-state index < -0.39 is 5.91 Å². The number of carbonyl (C=O) groups is 1. The number of benzene rings is 1. The summed E-state index contributed by atoms with van der Waals surface area (Å²) in [6.45, 7) is 6.03. The number of aliphatic imine (C=N–C) groups is 1. The van der Waals surface area contributed by atoms with Gasteiger partial charge in [-0.3, -0.25) is 4.79 Å². The largest absolute Gasteiger partial charge is 0.483 e. The average molecular weight is 249 g/mol. The molecule has 1 aromatic rings. The standard InChI is InChI=1S/C13H15NO2S/c1-9(2)11-5-4-10(3)6-12(11)16-7-13(15)14-8-17/h4-6,9H,7H2,1-3H3. The van der Waals surface area contributed by atoms with Gasteiger partial charge in [0.1, 0.15) is 5.75 Å². The Bertz CT molecular complexity index is 462. The lowest BCUT2D eigenvalue weighted by Gasteiger charge is -2.13. The smallest absolute Gasteiger partial charge is 0.292 e. The van der Waals surface area contributed by atoms with Gasteiger partial charge in [0.25, 0.3) is 5.91 Å². The topological polar surface area (TPSA) is 38.7 Å². The number of isothiocyanates is 1. The summed E-state index contributed by atoms with van der Waals surface area (Å²) >= 11 is 4.35. The van der Waals surface area contributed by atoms with E-state index in [1.54, 1.807) is 0 Å². The first-order valence-corrected chi connectivity index (χ1v) is 5.79. The monoisotopic (exact) mass is 249 g/mol. The molecule has 17 heavy (non-hydrogen) atoms. The molecule has 0 radical (unpaired) electrons. The van der Waals surface area contributed by atoms with E-state index in [4.69, 9.17) is 4.74 Å². The molecule has 1 amide bonds. The summed E-state index contributed by atoms with van der Waals surface area (Å²) in [6.07, 6.45) is 0. The van der Waals surface area contributed by atoms with Crippen LogP contribution in [0.15, 0.2) is 23.2 Å². The van der Waals surface area contributed by atoms with Gasteiger partial charge in [0.2, 0.25) is 0 Å². The Balaban J connectivity index is 2.85. The maximum Gasteiger partial charge on any atom is 0.292 e. The summed E-state index contributed by atoms with van der Waals surface area (Å²) in [5.74, 6) is 0.652. The molecule has 0 bridgehead atoms. The van der Waals surface area contributed by atoms with Gasteiger partial charge in [0.15, 0.2) is 6.61 Å². The van der Waals surface area contributed by atoms with E-state index in [1.165, 1.54) is 0 Å². The number of rotatable bonds is 4. The molecular weight excluding hydrogens is 234 g/mol. The molecule has 0 aliphatic rings. The highest BCUT2D eigenvalue weighted by Crippen LogP contribution is 2.27. The lowest BCUT2D eigenvalue weighted by atomic mass is 10.0. The molecule has 3 nitrogen and oxygen atoms in total. The van der Waals surface area contributed by atoms with Crippen molar-refractivity contribution < 1.29 is 9.53 Å². The lowest BCUT2D eigenvalue weighted by molar-refractivity contribution is -0.119. The Morgan fingerprint density at radius 2 is 2.24 bits per heavy atom. The quantitative estimate of drug-likeness (QED) is 0.608. The molecule has 0 N–H and O–H groups in total. The van der Waals surface area contributed by atoms with Gasteiger partial charge in [-0.2, -0.15) is 4.99 Å². The number of hydrogen-bond acceptors (Lipinski definition) is 3. The highest BCUT2D eigenvalue weighted by Gasteiger charge is 2.09. The number of thiocarbonyl (C=S) groups is 1. The first-order chi connectivity index (χ1) is 8.04. The van der Waals surface area contributed by atoms with Crippen molar-refractivity contribution in [2.45, 2.75) is 26.7 Å². The van der Waals surface area contributed by atoms with Crippen LogP contribution >= 0.6 is 12.2 Å². The summed E-state index contributed by atoms with van der Waals surface area (Å²) in [4.78, 5) is 14.5. The van der Waals surface area contributed by atoms with Gasteiger partial charge in [-0.25, -0.2) is 0 Å². The fourth-order valence-corrected chi connectivity index (χ4v) is 1.57. The van der Waals surface area contributed by atoms with Gasteiger partial charge in [0, 0.05) is 0 Å². The van der Waals surface area contributed by atoms with Crippen LogP contribution in [0, 0.1) is 6.92 Å². The Morgan fingerprint density at radius 3 is 2.82 bits per heavy atom. The number of aryl methyl sites for hydroxylation is 1. The highest BCUT2D eigenvalue weighted by molar-refractivity contribution is 7.78. The second-order valence-electron chi connectivity index (χ2n) is 4.08. The average Bonchev–Trinajstić information content (AvgIpc) is 2.26. The maximum absolute atomic E-state index is 11.2. The van der Waals surface area contributed by atoms with Gasteiger partial charge in [-0.1, -0.05) is 26.0 Å². The van der Waals surface area contributed by atoms with Crippen LogP contribution < -0.4 is 4.74 Å². The number of nitrogens with zero attached hydrogens (tertiary/aromatic N) is 1. The van der Waals surface area contributed by atoms with Crippen LogP contribution in [0.3, 0.4) is 0 Å². The van der Waals surface area contributed by atoms with Gasteiger partial charge < -0.3 is 4.74 Å². The van der Waals surface area contributed by atoms with E-state index in [0.717, 1.165) is 16.9 Å². The third-order valence-corrected chi connectivity index (χ3v) is 2.40. The minimum Gasteiger partial charge on any atom is -0.483 e. The van der Waals surface area contributed by atoms with Crippen molar-refractivity contribution >= 4 is 23.3 Å². The van der Waals surface area contributed by atoms with Crippen molar-refractivity contribution in [3.05, 3.63) is 29.3 Å². The third kappa shape index (κ3) is 4.10. The molecule has 0 aliphatic carbocycles. The van der Waals surface area contributed by atoms with Gasteiger partial charge in [-0.05, 0) is 42.3 Å². The lowest BCUT2D eigenvalue weighted by Crippen LogP contribution is -2.09. The zero-order valence-electron chi connectivity index (χ0n) is 10.2.